The van der Waals surface area contributed by atoms with Gasteiger partial charge in [0.2, 0.25) is 0 Å². The molecule has 3 rings (SSSR count). The van der Waals surface area contributed by atoms with Crippen LogP contribution < -0.4 is 10.9 Å². The van der Waals surface area contributed by atoms with Gasteiger partial charge in [0, 0.05) is 22.1 Å². The molecule has 3 aromatic rings. The van der Waals surface area contributed by atoms with Crippen LogP contribution in [0.15, 0.2) is 62.2 Å². The number of carbonyl (C=O) groups excluding carboxylic acids is 2. The van der Waals surface area contributed by atoms with E-state index in [1.807, 2.05) is 0 Å². The van der Waals surface area contributed by atoms with Crippen LogP contribution in [0.3, 0.4) is 0 Å². The van der Waals surface area contributed by atoms with Crippen LogP contribution in [0.1, 0.15) is 34.6 Å². The predicted octanol–water partition coefficient (Wildman–Crippen LogP) is 4.31. The molecular formula is C23H23BrN2O5. The van der Waals surface area contributed by atoms with Crippen LogP contribution in [0, 0.1) is 0 Å². The standard InChI is InChI=1S/C23H23BrN2O5/c1-3-26(4-2)11-12-30-22(28)15-5-8-18(9-6-15)25-21(27)19-14-16-13-17(24)7-10-20(16)31-23(19)29/h5-10,13-14H,3-4,11-12H2,1-2H3,(H,25,27). The summed E-state index contributed by atoms with van der Waals surface area (Å²) in [4.78, 5) is 39.1. The Hall–Kier alpha value is -2.97. The van der Waals surface area contributed by atoms with Crippen LogP contribution in [0.4, 0.5) is 5.69 Å². The van der Waals surface area contributed by atoms with E-state index in [9.17, 15) is 14.4 Å². The SMILES string of the molecule is CCN(CC)CCOC(=O)c1ccc(NC(=O)c2cc3cc(Br)ccc3oc2=O)cc1. The van der Waals surface area contributed by atoms with E-state index in [1.54, 1.807) is 42.5 Å². The maximum Gasteiger partial charge on any atom is 0.349 e. The van der Waals surface area contributed by atoms with Gasteiger partial charge in [-0.05, 0) is 61.6 Å². The smallest absolute Gasteiger partial charge is 0.349 e. The van der Waals surface area contributed by atoms with Crippen LogP contribution in [-0.2, 0) is 4.74 Å². The summed E-state index contributed by atoms with van der Waals surface area (Å²) in [6.45, 7) is 6.90. The third-order valence-corrected chi connectivity index (χ3v) is 5.35. The van der Waals surface area contributed by atoms with Crippen LogP contribution >= 0.6 is 15.9 Å². The van der Waals surface area contributed by atoms with E-state index in [1.165, 1.54) is 6.07 Å². The van der Waals surface area contributed by atoms with E-state index >= 15 is 0 Å². The molecule has 0 radical (unpaired) electrons. The number of rotatable bonds is 8. The first kappa shape index (κ1) is 22.7. The highest BCUT2D eigenvalue weighted by Gasteiger charge is 2.15. The fourth-order valence-corrected chi connectivity index (χ4v) is 3.41. The quantitative estimate of drug-likeness (QED) is 0.377. The number of amides is 1. The van der Waals surface area contributed by atoms with Crippen molar-refractivity contribution in [2.75, 3.05) is 31.6 Å². The van der Waals surface area contributed by atoms with Gasteiger partial charge in [0.25, 0.3) is 5.91 Å². The van der Waals surface area contributed by atoms with Crippen LogP contribution in [0.25, 0.3) is 11.0 Å². The molecule has 8 heteroatoms. The fraction of sp³-hybridized carbons (Fsp3) is 0.261. The lowest BCUT2D eigenvalue weighted by Crippen LogP contribution is -2.27. The Morgan fingerprint density at radius 3 is 2.45 bits per heavy atom. The number of carbonyl (C=O) groups is 2. The molecule has 1 amide bonds. The normalized spacial score (nSPS) is 11.0. The number of likely N-dealkylation sites (N-methyl/N-ethyl adjacent to an activating group) is 1. The lowest BCUT2D eigenvalue weighted by atomic mass is 10.1. The Bertz CT molecular complexity index is 1140. The van der Waals surface area contributed by atoms with Gasteiger partial charge in [-0.2, -0.15) is 0 Å². The Morgan fingerprint density at radius 1 is 1.06 bits per heavy atom. The van der Waals surface area contributed by atoms with Crippen LogP contribution in [0.5, 0.6) is 0 Å². The molecule has 0 spiro atoms. The second kappa shape index (κ2) is 10.4. The van der Waals surface area contributed by atoms with E-state index in [2.05, 4.69) is 40.0 Å². The maximum absolute atomic E-state index is 12.6. The molecule has 0 unspecified atom stereocenters. The summed E-state index contributed by atoms with van der Waals surface area (Å²) >= 11 is 3.35. The van der Waals surface area contributed by atoms with Crippen molar-refractivity contribution >= 4 is 44.5 Å². The van der Waals surface area contributed by atoms with Gasteiger partial charge in [-0.1, -0.05) is 29.8 Å². The lowest BCUT2D eigenvalue weighted by molar-refractivity contribution is 0.0466. The minimum Gasteiger partial charge on any atom is -0.461 e. The third-order valence-electron chi connectivity index (χ3n) is 4.85. The monoisotopic (exact) mass is 486 g/mol. The number of ether oxygens (including phenoxy) is 1. The van der Waals surface area contributed by atoms with Crippen molar-refractivity contribution in [1.29, 1.82) is 0 Å². The zero-order valence-electron chi connectivity index (χ0n) is 17.3. The topological polar surface area (TPSA) is 88.8 Å². The molecule has 162 valence electrons. The zero-order valence-corrected chi connectivity index (χ0v) is 18.9. The second-order valence-corrected chi connectivity index (χ2v) is 7.74. The van der Waals surface area contributed by atoms with E-state index in [0.717, 1.165) is 17.6 Å². The van der Waals surface area contributed by atoms with Gasteiger partial charge in [-0.3, -0.25) is 4.79 Å². The summed E-state index contributed by atoms with van der Waals surface area (Å²) in [5, 5.41) is 3.28. The molecule has 0 atom stereocenters. The fourth-order valence-electron chi connectivity index (χ4n) is 3.03. The molecule has 0 bridgehead atoms. The van der Waals surface area contributed by atoms with Crippen LogP contribution in [-0.4, -0.2) is 43.0 Å². The lowest BCUT2D eigenvalue weighted by Gasteiger charge is -2.17. The van der Waals surface area contributed by atoms with Gasteiger partial charge >= 0.3 is 11.6 Å². The van der Waals surface area contributed by atoms with Gasteiger partial charge in [0.15, 0.2) is 0 Å². The Labute approximate surface area is 188 Å². The maximum atomic E-state index is 12.6. The van der Waals surface area contributed by atoms with Gasteiger partial charge in [-0.15, -0.1) is 0 Å². The number of halogens is 1. The number of nitrogens with one attached hydrogen (secondary N) is 1. The summed E-state index contributed by atoms with van der Waals surface area (Å²) < 4.78 is 11.3. The molecule has 0 fully saturated rings. The number of hydrogen-bond donors (Lipinski definition) is 1. The highest BCUT2D eigenvalue weighted by atomic mass is 79.9. The molecule has 0 aliphatic rings. The van der Waals surface area contributed by atoms with Crippen molar-refractivity contribution in [2.24, 2.45) is 0 Å². The zero-order chi connectivity index (χ0) is 22.4. The van der Waals surface area contributed by atoms with Gasteiger partial charge < -0.3 is 19.4 Å². The number of anilines is 1. The molecule has 31 heavy (non-hydrogen) atoms. The van der Waals surface area contributed by atoms with Crippen LogP contribution in [0.2, 0.25) is 0 Å². The number of fused-ring (bicyclic) bond motifs is 1. The number of benzene rings is 2. The molecule has 0 saturated carbocycles. The summed E-state index contributed by atoms with van der Waals surface area (Å²) in [5.41, 5.74) is 0.394. The predicted molar refractivity (Wildman–Crippen MR) is 123 cm³/mol. The van der Waals surface area contributed by atoms with Crippen molar-refractivity contribution in [2.45, 2.75) is 13.8 Å². The first-order valence-electron chi connectivity index (χ1n) is 9.95. The third kappa shape index (κ3) is 5.80. The molecule has 0 aliphatic carbocycles. The molecule has 1 N–H and O–H groups in total. The molecule has 2 aromatic carbocycles. The minimum atomic E-state index is -0.722. The van der Waals surface area contributed by atoms with E-state index in [-0.39, 0.29) is 5.56 Å². The van der Waals surface area contributed by atoms with Crippen molar-refractivity contribution in [3.05, 3.63) is 74.6 Å². The van der Waals surface area contributed by atoms with Gasteiger partial charge in [0.1, 0.15) is 17.8 Å². The molecule has 7 nitrogen and oxygen atoms in total. The van der Waals surface area contributed by atoms with Gasteiger partial charge in [0.05, 0.1) is 5.56 Å². The van der Waals surface area contributed by atoms with Crippen molar-refractivity contribution in [3.8, 4) is 0 Å². The molecular weight excluding hydrogens is 464 g/mol. The largest absolute Gasteiger partial charge is 0.461 e. The summed E-state index contributed by atoms with van der Waals surface area (Å²) in [7, 11) is 0. The number of esters is 1. The molecule has 0 aliphatic heterocycles. The average molecular weight is 487 g/mol. The van der Waals surface area contributed by atoms with Crippen molar-refractivity contribution < 1.29 is 18.7 Å². The first-order valence-corrected chi connectivity index (χ1v) is 10.7. The van der Waals surface area contributed by atoms with Gasteiger partial charge in [-0.25, -0.2) is 9.59 Å². The van der Waals surface area contributed by atoms with E-state index < -0.39 is 17.5 Å². The number of nitrogens with zero attached hydrogens (tertiary/aromatic N) is 1. The van der Waals surface area contributed by atoms with Crippen molar-refractivity contribution in [1.82, 2.24) is 4.90 Å². The highest BCUT2D eigenvalue weighted by molar-refractivity contribution is 9.10. The minimum absolute atomic E-state index is 0.106. The molecule has 1 heterocycles. The average Bonchev–Trinajstić information content (AvgIpc) is 2.77. The van der Waals surface area contributed by atoms with Crippen molar-refractivity contribution in [3.63, 3.8) is 0 Å². The summed E-state index contributed by atoms with van der Waals surface area (Å²) in [5.74, 6) is -1.02. The molecule has 1 aromatic heterocycles. The molecule has 0 saturated heterocycles. The highest BCUT2D eigenvalue weighted by Crippen LogP contribution is 2.20. The van der Waals surface area contributed by atoms with E-state index in [4.69, 9.17) is 9.15 Å². The Balaban J connectivity index is 1.65. The summed E-state index contributed by atoms with van der Waals surface area (Å²) in [6.07, 6.45) is 0. The Morgan fingerprint density at radius 2 is 1.77 bits per heavy atom. The number of hydrogen-bond acceptors (Lipinski definition) is 6. The second-order valence-electron chi connectivity index (χ2n) is 6.82. The van der Waals surface area contributed by atoms with E-state index in [0.29, 0.717) is 35.4 Å². The summed E-state index contributed by atoms with van der Waals surface area (Å²) in [6, 6.07) is 12.9. The Kier molecular flexibility index (Phi) is 7.59. The first-order chi connectivity index (χ1) is 14.9.